The molecule has 0 atom stereocenters. The van der Waals surface area contributed by atoms with Crippen molar-refractivity contribution in [3.05, 3.63) is 41.1 Å². The van der Waals surface area contributed by atoms with Gasteiger partial charge < -0.3 is 9.42 Å². The third-order valence-corrected chi connectivity index (χ3v) is 3.94. The van der Waals surface area contributed by atoms with E-state index in [1.807, 2.05) is 24.3 Å². The van der Waals surface area contributed by atoms with Crippen molar-refractivity contribution in [2.75, 3.05) is 12.4 Å². The third kappa shape index (κ3) is 3.03. The van der Waals surface area contributed by atoms with Gasteiger partial charge >= 0.3 is 6.03 Å². The lowest BCUT2D eigenvalue weighted by Gasteiger charge is -2.15. The van der Waals surface area contributed by atoms with Crippen LogP contribution in [0.2, 0.25) is 0 Å². The fourth-order valence-electron chi connectivity index (χ4n) is 1.89. The fraction of sp³-hybridized carbons (Fsp3) is 0.214. The monoisotopic (exact) mass is 302 g/mol. The number of urea groups is 1. The third-order valence-electron chi connectivity index (χ3n) is 2.92. The number of carbonyl (C=O) groups excluding carboxylic acids is 1. The number of fused-ring (bicyclic) bond motifs is 1. The Morgan fingerprint density at radius 3 is 2.95 bits per heavy atom. The van der Waals surface area contributed by atoms with E-state index in [0.29, 0.717) is 18.1 Å². The van der Waals surface area contributed by atoms with Crippen LogP contribution in [-0.4, -0.2) is 28.1 Å². The molecule has 3 aromatic rings. The smallest absolute Gasteiger partial charge is 0.323 e. The number of nitrogens with zero attached hydrogens (tertiary/aromatic N) is 3. The molecule has 0 fully saturated rings. The molecule has 0 bridgehead atoms. The van der Waals surface area contributed by atoms with E-state index in [9.17, 15) is 4.79 Å². The molecule has 2 aromatic heterocycles. The molecule has 0 saturated heterocycles. The number of aryl methyl sites for hydroxylation is 1. The second-order valence-electron chi connectivity index (χ2n) is 4.68. The van der Waals surface area contributed by atoms with E-state index in [2.05, 4.69) is 15.5 Å². The highest BCUT2D eigenvalue weighted by Gasteiger charge is 2.13. The van der Waals surface area contributed by atoms with Gasteiger partial charge in [-0.2, -0.15) is 0 Å². The molecule has 0 spiro atoms. The number of benzene rings is 1. The molecule has 3 rings (SSSR count). The number of hydrogen-bond donors (Lipinski definition) is 1. The number of amides is 2. The zero-order valence-corrected chi connectivity index (χ0v) is 12.5. The van der Waals surface area contributed by atoms with Gasteiger partial charge in [0.15, 0.2) is 5.82 Å². The summed E-state index contributed by atoms with van der Waals surface area (Å²) in [6, 6.07) is 9.34. The van der Waals surface area contributed by atoms with Gasteiger partial charge in [-0.25, -0.2) is 9.78 Å². The molecule has 0 aliphatic carbocycles. The second-order valence-corrected chi connectivity index (χ2v) is 5.80. The van der Waals surface area contributed by atoms with Gasteiger partial charge in [-0.05, 0) is 19.1 Å². The van der Waals surface area contributed by atoms with Crippen molar-refractivity contribution in [2.24, 2.45) is 0 Å². The summed E-state index contributed by atoms with van der Waals surface area (Å²) in [6.45, 7) is 2.22. The van der Waals surface area contributed by atoms with E-state index in [4.69, 9.17) is 4.52 Å². The number of aromatic nitrogens is 2. The standard InChI is InChI=1S/C14H14N4O2S/c1-9-7-12(17-20-9)16-14(19)18(2)8-13-15-10-5-3-4-6-11(10)21-13/h3-7H,8H2,1-2H3,(H,16,17,19). The van der Waals surface area contributed by atoms with Gasteiger partial charge in [0.1, 0.15) is 10.8 Å². The number of para-hydroxylation sites is 1. The molecule has 6 nitrogen and oxygen atoms in total. The Morgan fingerprint density at radius 1 is 1.43 bits per heavy atom. The number of carbonyl (C=O) groups is 1. The Labute approximate surface area is 125 Å². The van der Waals surface area contributed by atoms with Gasteiger partial charge in [-0.1, -0.05) is 17.3 Å². The molecule has 0 saturated carbocycles. The Hall–Kier alpha value is -2.41. The van der Waals surface area contributed by atoms with Crippen molar-refractivity contribution in [3.63, 3.8) is 0 Å². The topological polar surface area (TPSA) is 71.3 Å². The zero-order chi connectivity index (χ0) is 14.8. The molecule has 21 heavy (non-hydrogen) atoms. The number of thiazole rings is 1. The molecule has 0 aliphatic rings. The molecule has 2 amide bonds. The molecule has 0 unspecified atom stereocenters. The van der Waals surface area contributed by atoms with Gasteiger partial charge in [0, 0.05) is 13.1 Å². The second kappa shape index (κ2) is 5.53. The molecule has 0 radical (unpaired) electrons. The van der Waals surface area contributed by atoms with E-state index in [-0.39, 0.29) is 6.03 Å². The molecular weight excluding hydrogens is 288 g/mol. The first kappa shape index (κ1) is 13.6. The average molecular weight is 302 g/mol. The summed E-state index contributed by atoms with van der Waals surface area (Å²) in [5.74, 6) is 1.06. The molecule has 1 N–H and O–H groups in total. The minimum absolute atomic E-state index is 0.248. The summed E-state index contributed by atoms with van der Waals surface area (Å²) < 4.78 is 6.03. The van der Waals surface area contributed by atoms with Crippen molar-refractivity contribution in [1.29, 1.82) is 0 Å². The Balaban J connectivity index is 1.67. The summed E-state index contributed by atoms with van der Waals surface area (Å²) in [4.78, 5) is 18.1. The largest absolute Gasteiger partial charge is 0.360 e. The van der Waals surface area contributed by atoms with E-state index in [1.165, 1.54) is 0 Å². The van der Waals surface area contributed by atoms with Crippen LogP contribution in [-0.2, 0) is 6.54 Å². The van der Waals surface area contributed by atoms with E-state index in [1.54, 1.807) is 36.3 Å². The van der Waals surface area contributed by atoms with Gasteiger partial charge in [-0.3, -0.25) is 5.32 Å². The molecule has 1 aromatic carbocycles. The maximum absolute atomic E-state index is 12.1. The molecule has 7 heteroatoms. The first-order chi connectivity index (χ1) is 10.1. The lowest BCUT2D eigenvalue weighted by atomic mass is 10.3. The minimum Gasteiger partial charge on any atom is -0.360 e. The number of nitrogens with one attached hydrogen (secondary N) is 1. The highest BCUT2D eigenvalue weighted by Crippen LogP contribution is 2.22. The zero-order valence-electron chi connectivity index (χ0n) is 11.7. The predicted octanol–water partition coefficient (Wildman–Crippen LogP) is 3.26. The van der Waals surface area contributed by atoms with Crippen molar-refractivity contribution in [2.45, 2.75) is 13.5 Å². The van der Waals surface area contributed by atoms with Crippen LogP contribution in [0.3, 0.4) is 0 Å². The van der Waals surface area contributed by atoms with Gasteiger partial charge in [0.2, 0.25) is 0 Å². The summed E-state index contributed by atoms with van der Waals surface area (Å²) in [5.41, 5.74) is 0.957. The van der Waals surface area contributed by atoms with Crippen molar-refractivity contribution in [3.8, 4) is 0 Å². The van der Waals surface area contributed by atoms with Crippen molar-refractivity contribution >= 4 is 33.4 Å². The Kier molecular flexibility index (Phi) is 3.57. The van der Waals surface area contributed by atoms with Crippen LogP contribution in [0.15, 0.2) is 34.9 Å². The van der Waals surface area contributed by atoms with Crippen LogP contribution in [0.1, 0.15) is 10.8 Å². The molecule has 0 aliphatic heterocycles. The summed E-state index contributed by atoms with van der Waals surface area (Å²) in [5, 5.41) is 7.30. The maximum Gasteiger partial charge on any atom is 0.323 e. The number of rotatable bonds is 3. The minimum atomic E-state index is -0.248. The van der Waals surface area contributed by atoms with Gasteiger partial charge in [0.05, 0.1) is 16.8 Å². The van der Waals surface area contributed by atoms with Crippen LogP contribution < -0.4 is 5.32 Å². The summed E-state index contributed by atoms with van der Waals surface area (Å²) in [6.07, 6.45) is 0. The molecule has 2 heterocycles. The maximum atomic E-state index is 12.1. The highest BCUT2D eigenvalue weighted by molar-refractivity contribution is 7.18. The van der Waals surface area contributed by atoms with Crippen LogP contribution in [0.25, 0.3) is 10.2 Å². The average Bonchev–Trinajstić information content (AvgIpc) is 3.04. The molecule has 108 valence electrons. The van der Waals surface area contributed by atoms with E-state index >= 15 is 0 Å². The fourth-order valence-corrected chi connectivity index (χ4v) is 2.91. The van der Waals surface area contributed by atoms with Gasteiger partial charge in [0.25, 0.3) is 0 Å². The van der Waals surface area contributed by atoms with Crippen molar-refractivity contribution in [1.82, 2.24) is 15.0 Å². The van der Waals surface area contributed by atoms with Crippen LogP contribution >= 0.6 is 11.3 Å². The summed E-state index contributed by atoms with van der Waals surface area (Å²) >= 11 is 1.59. The van der Waals surface area contributed by atoms with E-state index < -0.39 is 0 Å². The predicted molar refractivity (Wildman–Crippen MR) is 81.3 cm³/mol. The SMILES string of the molecule is Cc1cc(NC(=O)N(C)Cc2nc3ccccc3s2)no1. The van der Waals surface area contributed by atoms with Crippen molar-refractivity contribution < 1.29 is 9.32 Å². The van der Waals surface area contributed by atoms with Crippen LogP contribution in [0.5, 0.6) is 0 Å². The lowest BCUT2D eigenvalue weighted by Crippen LogP contribution is -2.30. The summed E-state index contributed by atoms with van der Waals surface area (Å²) in [7, 11) is 1.72. The quantitative estimate of drug-likeness (QED) is 0.806. The number of anilines is 1. The molecular formula is C14H14N4O2S. The van der Waals surface area contributed by atoms with Crippen LogP contribution in [0, 0.1) is 6.92 Å². The highest BCUT2D eigenvalue weighted by atomic mass is 32.1. The Bertz CT molecular complexity index is 747. The van der Waals surface area contributed by atoms with E-state index in [0.717, 1.165) is 15.2 Å². The van der Waals surface area contributed by atoms with Gasteiger partial charge in [-0.15, -0.1) is 11.3 Å². The first-order valence-corrected chi connectivity index (χ1v) is 7.23. The normalized spacial score (nSPS) is 10.8. The number of hydrogen-bond acceptors (Lipinski definition) is 5. The first-order valence-electron chi connectivity index (χ1n) is 6.42. The van der Waals surface area contributed by atoms with Crippen LogP contribution in [0.4, 0.5) is 10.6 Å². The lowest BCUT2D eigenvalue weighted by molar-refractivity contribution is 0.220. The Morgan fingerprint density at radius 2 is 2.24 bits per heavy atom.